The van der Waals surface area contributed by atoms with Crippen molar-refractivity contribution in [2.45, 2.75) is 43.3 Å². The second kappa shape index (κ2) is 6.97. The Morgan fingerprint density at radius 3 is 2.60 bits per heavy atom. The number of nitrogens with one attached hydrogen (secondary N) is 1. The van der Waals surface area contributed by atoms with E-state index in [1.807, 2.05) is 54.6 Å². The summed E-state index contributed by atoms with van der Waals surface area (Å²) in [5.74, 6) is -0.945. The first-order valence-corrected chi connectivity index (χ1v) is 10.3. The van der Waals surface area contributed by atoms with Gasteiger partial charge in [0.15, 0.2) is 0 Å². The fourth-order valence-electron chi connectivity index (χ4n) is 5.70. The van der Waals surface area contributed by atoms with E-state index in [1.165, 1.54) is 7.11 Å². The predicted octanol–water partition coefficient (Wildman–Crippen LogP) is 2.67. The van der Waals surface area contributed by atoms with Gasteiger partial charge in [-0.25, -0.2) is 4.79 Å². The molecule has 1 spiro atoms. The average Bonchev–Trinajstić information content (AvgIpc) is 3.08. The third-order valence-electron chi connectivity index (χ3n) is 7.02. The van der Waals surface area contributed by atoms with Crippen molar-refractivity contribution in [3.8, 4) is 0 Å². The third-order valence-corrected chi connectivity index (χ3v) is 7.02. The minimum atomic E-state index is -0.692. The molecule has 6 heteroatoms. The molecule has 0 unspecified atom stereocenters. The van der Waals surface area contributed by atoms with Crippen LogP contribution in [0.2, 0.25) is 0 Å². The fourth-order valence-corrected chi connectivity index (χ4v) is 5.70. The Morgan fingerprint density at radius 2 is 1.83 bits per heavy atom. The molecule has 1 N–H and O–H groups in total. The number of ketones is 1. The van der Waals surface area contributed by atoms with E-state index < -0.39 is 23.3 Å². The molecule has 2 fully saturated rings. The number of ether oxygens (including phenoxy) is 1. The zero-order chi connectivity index (χ0) is 20.9. The number of amides is 1. The SMILES string of the molecule is COC(=O)[C@H]1C[C@@]23c4ccccc4N[C@@H]2CC(=O)C[C@@H]3C(=O)N1Cc1ccccc1. The van der Waals surface area contributed by atoms with Gasteiger partial charge in [-0.2, -0.15) is 0 Å². The van der Waals surface area contributed by atoms with Crippen molar-refractivity contribution in [3.63, 3.8) is 0 Å². The van der Waals surface area contributed by atoms with Gasteiger partial charge in [-0.1, -0.05) is 48.5 Å². The highest BCUT2D eigenvalue weighted by Gasteiger charge is 2.63. The second-order valence-electron chi connectivity index (χ2n) is 8.48. The molecule has 4 atom stereocenters. The number of Topliss-reactive ketones (excluding diaryl/α,β-unsaturated/α-hetero) is 1. The Labute approximate surface area is 175 Å². The number of esters is 1. The van der Waals surface area contributed by atoms with Gasteiger partial charge in [-0.15, -0.1) is 0 Å². The highest BCUT2D eigenvalue weighted by molar-refractivity contribution is 5.96. The van der Waals surface area contributed by atoms with Crippen LogP contribution in [-0.4, -0.2) is 41.8 Å². The lowest BCUT2D eigenvalue weighted by molar-refractivity contribution is -0.165. The van der Waals surface area contributed by atoms with Crippen molar-refractivity contribution in [1.29, 1.82) is 0 Å². The molecule has 30 heavy (non-hydrogen) atoms. The van der Waals surface area contributed by atoms with Crippen LogP contribution in [0.3, 0.4) is 0 Å². The fraction of sp³-hybridized carbons (Fsp3) is 0.375. The summed E-state index contributed by atoms with van der Waals surface area (Å²) in [5, 5.41) is 3.48. The predicted molar refractivity (Wildman–Crippen MR) is 111 cm³/mol. The first-order valence-electron chi connectivity index (χ1n) is 10.3. The molecular formula is C24H24N2O4. The number of benzene rings is 2. The molecule has 2 aliphatic heterocycles. The van der Waals surface area contributed by atoms with Crippen molar-refractivity contribution in [2.75, 3.05) is 12.4 Å². The summed E-state index contributed by atoms with van der Waals surface area (Å²) >= 11 is 0. The van der Waals surface area contributed by atoms with E-state index in [9.17, 15) is 14.4 Å². The number of methoxy groups -OCH3 is 1. The van der Waals surface area contributed by atoms with Crippen LogP contribution in [0.4, 0.5) is 5.69 Å². The third kappa shape index (κ3) is 2.66. The van der Waals surface area contributed by atoms with Gasteiger partial charge >= 0.3 is 5.97 Å². The minimum absolute atomic E-state index is 0.0884. The Hall–Kier alpha value is -3.15. The summed E-state index contributed by atoms with van der Waals surface area (Å²) in [4.78, 5) is 40.9. The van der Waals surface area contributed by atoms with Crippen LogP contribution in [0.1, 0.15) is 30.4 Å². The first-order chi connectivity index (χ1) is 14.5. The highest BCUT2D eigenvalue weighted by Crippen LogP contribution is 2.56. The highest BCUT2D eigenvalue weighted by atomic mass is 16.5. The van der Waals surface area contributed by atoms with Crippen molar-refractivity contribution in [1.82, 2.24) is 4.90 Å². The molecule has 1 aliphatic carbocycles. The standard InChI is InChI=1S/C24H24N2O4/c1-30-23(29)20-13-24-17-9-5-6-10-19(17)25-21(24)12-16(27)11-18(24)22(28)26(20)14-15-7-3-2-4-8-15/h2-10,18,20-21,25H,11-14H2,1H3/t18-,20-,21-,24+/m1/s1. The molecule has 2 aromatic rings. The number of rotatable bonds is 3. The van der Waals surface area contributed by atoms with E-state index in [-0.39, 0.29) is 24.2 Å². The number of likely N-dealkylation sites (tertiary alicyclic amines) is 1. The molecule has 0 radical (unpaired) electrons. The van der Waals surface area contributed by atoms with Gasteiger partial charge in [0.2, 0.25) is 5.91 Å². The lowest BCUT2D eigenvalue weighted by atomic mass is 9.56. The van der Waals surface area contributed by atoms with Crippen LogP contribution in [0.15, 0.2) is 54.6 Å². The van der Waals surface area contributed by atoms with Crippen LogP contribution < -0.4 is 5.32 Å². The number of para-hydroxylation sites is 1. The maximum Gasteiger partial charge on any atom is 0.328 e. The van der Waals surface area contributed by atoms with E-state index >= 15 is 0 Å². The Balaban J connectivity index is 1.62. The summed E-state index contributed by atoms with van der Waals surface area (Å²) in [6.07, 6.45) is 1.03. The molecule has 2 aromatic carbocycles. The number of fused-ring (bicyclic) bond motifs is 1. The molecule has 5 rings (SSSR count). The number of anilines is 1. The van der Waals surface area contributed by atoms with Crippen LogP contribution in [0.25, 0.3) is 0 Å². The van der Waals surface area contributed by atoms with Gasteiger partial charge in [-0.05, 0) is 23.6 Å². The number of nitrogens with zero attached hydrogens (tertiary/aromatic N) is 1. The molecule has 3 aliphatic rings. The molecule has 0 aromatic heterocycles. The summed E-state index contributed by atoms with van der Waals surface area (Å²) in [6.45, 7) is 0.319. The molecular weight excluding hydrogens is 380 g/mol. The van der Waals surface area contributed by atoms with Crippen molar-refractivity contribution in [2.24, 2.45) is 5.92 Å². The molecule has 2 heterocycles. The number of hydrogen-bond acceptors (Lipinski definition) is 5. The van der Waals surface area contributed by atoms with Crippen molar-refractivity contribution < 1.29 is 19.1 Å². The van der Waals surface area contributed by atoms with Crippen LogP contribution in [0.5, 0.6) is 0 Å². The van der Waals surface area contributed by atoms with Crippen LogP contribution >= 0.6 is 0 Å². The summed E-state index contributed by atoms with van der Waals surface area (Å²) < 4.78 is 5.12. The van der Waals surface area contributed by atoms with E-state index in [4.69, 9.17) is 4.74 Å². The largest absolute Gasteiger partial charge is 0.467 e. The van der Waals surface area contributed by atoms with E-state index in [0.29, 0.717) is 19.4 Å². The van der Waals surface area contributed by atoms with Gasteiger partial charge < -0.3 is 15.0 Å². The number of carbonyl (C=O) groups is 3. The summed E-state index contributed by atoms with van der Waals surface area (Å²) in [5.41, 5.74) is 2.36. The Bertz CT molecular complexity index is 1020. The second-order valence-corrected chi connectivity index (χ2v) is 8.48. The van der Waals surface area contributed by atoms with Crippen LogP contribution in [0, 0.1) is 5.92 Å². The molecule has 1 saturated heterocycles. The molecule has 1 saturated carbocycles. The van der Waals surface area contributed by atoms with Gasteiger partial charge in [0.1, 0.15) is 11.8 Å². The number of piperidine rings is 1. The van der Waals surface area contributed by atoms with Crippen molar-refractivity contribution in [3.05, 3.63) is 65.7 Å². The number of hydrogen-bond donors (Lipinski definition) is 1. The number of carbonyl (C=O) groups excluding carboxylic acids is 3. The van der Waals surface area contributed by atoms with Gasteiger partial charge in [0.25, 0.3) is 0 Å². The average molecular weight is 404 g/mol. The van der Waals surface area contributed by atoms with Crippen LogP contribution in [-0.2, 0) is 31.1 Å². The Kier molecular flexibility index (Phi) is 4.38. The molecule has 6 nitrogen and oxygen atoms in total. The quantitative estimate of drug-likeness (QED) is 0.796. The monoisotopic (exact) mass is 404 g/mol. The lowest BCUT2D eigenvalue weighted by Gasteiger charge is -2.52. The smallest absolute Gasteiger partial charge is 0.328 e. The summed E-state index contributed by atoms with van der Waals surface area (Å²) in [6, 6.07) is 16.7. The first kappa shape index (κ1) is 18.9. The van der Waals surface area contributed by atoms with Gasteiger partial charge in [-0.3, -0.25) is 9.59 Å². The normalized spacial score (nSPS) is 29.5. The molecule has 0 bridgehead atoms. The zero-order valence-corrected chi connectivity index (χ0v) is 16.8. The van der Waals surface area contributed by atoms with E-state index in [1.54, 1.807) is 4.90 Å². The lowest BCUT2D eigenvalue weighted by Crippen LogP contribution is -2.65. The van der Waals surface area contributed by atoms with Gasteiger partial charge in [0.05, 0.1) is 13.0 Å². The zero-order valence-electron chi connectivity index (χ0n) is 16.8. The maximum atomic E-state index is 13.8. The molecule has 154 valence electrons. The Morgan fingerprint density at radius 1 is 1.10 bits per heavy atom. The molecule has 1 amide bonds. The minimum Gasteiger partial charge on any atom is -0.467 e. The van der Waals surface area contributed by atoms with Crippen molar-refractivity contribution >= 4 is 23.3 Å². The van der Waals surface area contributed by atoms with E-state index in [2.05, 4.69) is 5.32 Å². The topological polar surface area (TPSA) is 75.7 Å². The van der Waals surface area contributed by atoms with E-state index in [0.717, 1.165) is 16.8 Å². The summed E-state index contributed by atoms with van der Waals surface area (Å²) in [7, 11) is 1.36. The van der Waals surface area contributed by atoms with Gasteiger partial charge in [0, 0.05) is 36.5 Å². The maximum absolute atomic E-state index is 13.8.